The van der Waals surface area contributed by atoms with Crippen molar-refractivity contribution in [2.24, 2.45) is 17.8 Å². The van der Waals surface area contributed by atoms with Gasteiger partial charge in [0.1, 0.15) is 12.7 Å². The molecule has 1 aromatic rings. The lowest BCUT2D eigenvalue weighted by Crippen LogP contribution is -2.44. The third-order valence-corrected chi connectivity index (χ3v) is 9.04. The van der Waals surface area contributed by atoms with Crippen molar-refractivity contribution in [2.75, 3.05) is 12.1 Å². The first-order valence-corrected chi connectivity index (χ1v) is 15.6. The van der Waals surface area contributed by atoms with Crippen LogP contribution in [0.4, 0.5) is 5.82 Å². The number of hydrogen-bond acceptors (Lipinski definition) is 11. The van der Waals surface area contributed by atoms with E-state index in [2.05, 4.69) is 4.98 Å². The van der Waals surface area contributed by atoms with Crippen molar-refractivity contribution < 1.29 is 39.9 Å². The molecule has 42 heavy (non-hydrogen) atoms. The molecule has 1 aromatic heterocycles. The van der Waals surface area contributed by atoms with Crippen LogP contribution in [0.1, 0.15) is 104 Å². The van der Waals surface area contributed by atoms with Crippen LogP contribution in [0, 0.1) is 17.8 Å². The van der Waals surface area contributed by atoms with E-state index in [1.54, 1.807) is 5.48 Å². The number of aromatic nitrogens is 2. The van der Waals surface area contributed by atoms with Gasteiger partial charge >= 0.3 is 23.6 Å². The molecular weight excluding hydrogens is 546 g/mol. The quantitative estimate of drug-likeness (QED) is 0.243. The second kappa shape index (κ2) is 14.5. The molecule has 12 heteroatoms. The van der Waals surface area contributed by atoms with Crippen LogP contribution in [0.15, 0.2) is 17.1 Å². The fraction of sp³-hybridized carbons (Fsp3) is 0.767. The van der Waals surface area contributed by atoms with Gasteiger partial charge in [-0.3, -0.25) is 29.6 Å². The molecule has 0 radical (unpaired) electrons. The summed E-state index contributed by atoms with van der Waals surface area (Å²) >= 11 is 0. The zero-order chi connectivity index (χ0) is 30.4. The van der Waals surface area contributed by atoms with Crippen molar-refractivity contribution in [1.82, 2.24) is 9.55 Å². The van der Waals surface area contributed by atoms with Crippen LogP contribution < -0.4 is 11.2 Å². The number of hydrogen-bond donors (Lipinski definition) is 2. The maximum Gasteiger partial charge on any atom is 0.351 e. The Labute approximate surface area is 246 Å². The lowest BCUT2D eigenvalue weighted by atomic mass is 9.89. The monoisotopic (exact) mass is 590 g/mol. The molecular formula is C30H43N3O9. The van der Waals surface area contributed by atoms with Crippen molar-refractivity contribution in [2.45, 2.75) is 121 Å². The molecule has 3 aliphatic carbocycles. The first-order chi connectivity index (χ1) is 20.8. The molecule has 2 heterocycles. The Morgan fingerprint density at radius 1 is 0.857 bits per heavy atom. The number of carbonyl (C=O) groups is 3. The minimum absolute atomic E-state index is 0.156. The molecule has 4 aliphatic rings. The van der Waals surface area contributed by atoms with Crippen LogP contribution in [0.5, 0.6) is 0 Å². The Bertz CT molecular complexity index is 1190. The average molecular weight is 591 g/mol. The summed E-state index contributed by atoms with van der Waals surface area (Å²) in [4.78, 5) is 56.6. The van der Waals surface area contributed by atoms with Gasteiger partial charge in [-0.1, -0.05) is 57.8 Å². The molecule has 0 spiro atoms. The van der Waals surface area contributed by atoms with E-state index in [0.717, 1.165) is 75.2 Å². The van der Waals surface area contributed by atoms with Crippen LogP contribution in [0.3, 0.4) is 0 Å². The van der Waals surface area contributed by atoms with Crippen LogP contribution >= 0.6 is 0 Å². The molecule has 0 amide bonds. The Balaban J connectivity index is 1.46. The highest BCUT2D eigenvalue weighted by Crippen LogP contribution is 2.37. The topological polar surface area (TPSA) is 155 Å². The summed E-state index contributed by atoms with van der Waals surface area (Å²) < 4.78 is 34.0. The first-order valence-electron chi connectivity index (χ1n) is 16.1. The number of nitrogens with one attached hydrogen (secondary N) is 1. The number of ether oxygens (including phenoxy) is 4. The summed E-state index contributed by atoms with van der Waals surface area (Å²) in [5.41, 5.74) is 0.822. The van der Waals surface area contributed by atoms with Gasteiger partial charge in [-0.15, -0.1) is 0 Å². The fourth-order valence-corrected chi connectivity index (χ4v) is 6.58. The Morgan fingerprint density at radius 3 is 1.86 bits per heavy atom. The van der Waals surface area contributed by atoms with E-state index in [4.69, 9.17) is 18.9 Å². The minimum atomic E-state index is -2.40. The summed E-state index contributed by atoms with van der Waals surface area (Å²) in [5.74, 6) is -2.60. The number of nitrogens with zero attached hydrogens (tertiary/aromatic N) is 2. The molecule has 12 nitrogen and oxygen atoms in total. The van der Waals surface area contributed by atoms with Crippen LogP contribution in [0.25, 0.3) is 0 Å². The van der Waals surface area contributed by atoms with Gasteiger partial charge in [-0.2, -0.15) is 4.98 Å². The number of rotatable bonds is 9. The Hall–Kier alpha value is -2.99. The molecule has 1 aliphatic heterocycles. The third kappa shape index (κ3) is 7.31. The normalized spacial score (nSPS) is 29.8. The van der Waals surface area contributed by atoms with Gasteiger partial charge in [0.25, 0.3) is 0 Å². The maximum absolute atomic E-state index is 13.4. The Morgan fingerprint density at radius 2 is 1.36 bits per heavy atom. The van der Waals surface area contributed by atoms with Gasteiger partial charge in [0.05, 0.1) is 19.1 Å². The second-order valence-corrected chi connectivity index (χ2v) is 12.0. The average Bonchev–Trinajstić information content (AvgIpc) is 3.30. The molecule has 0 aromatic carbocycles. The van der Waals surface area contributed by atoms with Crippen molar-refractivity contribution >= 4 is 23.7 Å². The smallest absolute Gasteiger partial charge is 0.351 e. The van der Waals surface area contributed by atoms with Gasteiger partial charge in [-0.25, -0.2) is 4.79 Å². The zero-order valence-corrected chi connectivity index (χ0v) is 24.0. The molecule has 5 rings (SSSR count). The van der Waals surface area contributed by atoms with Gasteiger partial charge in [0.15, 0.2) is 24.2 Å². The largest absolute Gasteiger partial charge is 0.463 e. The van der Waals surface area contributed by atoms with Crippen LogP contribution in [-0.4, -0.2) is 57.6 Å². The highest BCUT2D eigenvalue weighted by Gasteiger charge is 2.52. The van der Waals surface area contributed by atoms with E-state index in [0.29, 0.717) is 25.7 Å². The van der Waals surface area contributed by atoms with E-state index < -0.39 is 54.0 Å². The zero-order valence-electron chi connectivity index (χ0n) is 25.0. The summed E-state index contributed by atoms with van der Waals surface area (Å²) in [7, 11) is 0. The van der Waals surface area contributed by atoms with Gasteiger partial charge in [-0.05, 0) is 44.6 Å². The molecule has 0 unspecified atom stereocenters. The third-order valence-electron chi connectivity index (χ3n) is 9.04. The molecule has 4 atom stereocenters. The maximum atomic E-state index is 13.4. The summed E-state index contributed by atoms with van der Waals surface area (Å²) in [6.07, 6.45) is 7.23. The Kier molecular flexibility index (Phi) is 10.0. The number of esters is 3. The first kappa shape index (κ1) is 29.1. The van der Waals surface area contributed by atoms with Gasteiger partial charge in [0, 0.05) is 6.20 Å². The van der Waals surface area contributed by atoms with Crippen molar-refractivity contribution in [3.63, 3.8) is 0 Å². The minimum Gasteiger partial charge on any atom is -0.463 e. The van der Waals surface area contributed by atoms with Crippen molar-refractivity contribution in [3.05, 3.63) is 22.7 Å². The summed E-state index contributed by atoms with van der Waals surface area (Å²) in [6.45, 7) is -0.353. The molecule has 0 bridgehead atoms. The lowest BCUT2D eigenvalue weighted by Gasteiger charge is -2.29. The number of carbonyl (C=O) groups excluding carboxylic acids is 3. The van der Waals surface area contributed by atoms with Gasteiger partial charge < -0.3 is 18.9 Å². The molecule has 1 saturated heterocycles. The predicted molar refractivity (Wildman–Crippen MR) is 148 cm³/mol. The molecule has 2 N–H and O–H groups in total. The molecule has 4 fully saturated rings. The molecule has 232 valence electrons. The predicted octanol–water partition coefficient (Wildman–Crippen LogP) is 4.05. The van der Waals surface area contributed by atoms with Crippen molar-refractivity contribution in [1.29, 1.82) is 0 Å². The van der Waals surface area contributed by atoms with E-state index in [1.165, 1.54) is 12.3 Å². The van der Waals surface area contributed by atoms with E-state index in [-0.39, 0.29) is 24.3 Å². The van der Waals surface area contributed by atoms with E-state index >= 15 is 0 Å². The standard InChI is InChI=1S/C30H43N3O9/c34-27(19-10-4-1-5-11-19)39-18-22-24(41-28(35)20-12-6-2-7-13-20)25(42-29(36)21-14-8-3-9-15-21)26(40-22)33-17-16-23(32-38)31-30(33)37/h16-17,19-22,24-26,38H,1-15,18H2,(H,31,32,37)/t22-,24-,25-,26-/m1/s1/i26D. The highest BCUT2D eigenvalue weighted by molar-refractivity contribution is 5.74. The summed E-state index contributed by atoms with van der Waals surface area (Å²) in [5, 5.41) is 9.22. The second-order valence-electron chi connectivity index (χ2n) is 12.0. The van der Waals surface area contributed by atoms with E-state index in [1.807, 2.05) is 0 Å². The number of anilines is 1. The lowest BCUT2D eigenvalue weighted by molar-refractivity contribution is -0.176. The van der Waals surface area contributed by atoms with Crippen LogP contribution in [0.2, 0.25) is 0 Å². The molecule has 3 saturated carbocycles. The van der Waals surface area contributed by atoms with Crippen LogP contribution in [-0.2, 0) is 33.3 Å². The SMILES string of the molecule is [2H][C@@]1(n2ccc(NO)nc2=O)O[C@H](COC(=O)C2CCCCC2)[C@@H](OC(=O)C2CCCCC2)[C@H]1OC(=O)C1CCCCC1. The van der Waals surface area contributed by atoms with Gasteiger partial charge in [0.2, 0.25) is 0 Å². The fourth-order valence-electron chi connectivity index (χ4n) is 6.58. The van der Waals surface area contributed by atoms with Crippen molar-refractivity contribution in [3.8, 4) is 0 Å². The summed E-state index contributed by atoms with van der Waals surface area (Å²) in [6, 6.07) is 1.25. The van der Waals surface area contributed by atoms with E-state index in [9.17, 15) is 25.8 Å². The highest BCUT2D eigenvalue weighted by atomic mass is 16.7.